The third kappa shape index (κ3) is 4.57. The van der Waals surface area contributed by atoms with Gasteiger partial charge in [-0.1, -0.05) is 0 Å². The van der Waals surface area contributed by atoms with Gasteiger partial charge in [-0.15, -0.1) is 0 Å². The number of carbonyl (C=O) groups is 3. The Labute approximate surface area is 197 Å². The molecule has 0 N–H and O–H groups in total. The number of ether oxygens (including phenoxy) is 3. The van der Waals surface area contributed by atoms with Crippen molar-refractivity contribution in [2.75, 3.05) is 19.8 Å². The zero-order valence-electron chi connectivity index (χ0n) is 19.9. The Balaban J connectivity index is 2.29. The van der Waals surface area contributed by atoms with Gasteiger partial charge in [-0.2, -0.15) is 0 Å². The fourth-order valence-electron chi connectivity index (χ4n) is 3.88. The summed E-state index contributed by atoms with van der Waals surface area (Å²) in [5, 5.41) is 1.23. The molecule has 34 heavy (non-hydrogen) atoms. The van der Waals surface area contributed by atoms with Crippen molar-refractivity contribution in [2.45, 2.75) is 34.6 Å². The van der Waals surface area contributed by atoms with E-state index in [0.29, 0.717) is 16.3 Å². The van der Waals surface area contributed by atoms with E-state index in [0.717, 1.165) is 17.1 Å². The molecule has 0 fully saturated rings. The zero-order chi connectivity index (χ0) is 25.0. The summed E-state index contributed by atoms with van der Waals surface area (Å²) < 4.78 is 17.1. The first-order valence-corrected chi connectivity index (χ1v) is 11.1. The van der Waals surface area contributed by atoms with Crippen LogP contribution >= 0.6 is 0 Å². The second-order valence-corrected chi connectivity index (χ2v) is 7.49. The molecule has 0 bridgehead atoms. The topological polar surface area (TPSA) is 101 Å². The van der Waals surface area contributed by atoms with Gasteiger partial charge >= 0.3 is 17.9 Å². The number of nitrogens with zero attached hydrogens (tertiary/aromatic N) is 1. The molecule has 0 aliphatic carbocycles. The van der Waals surface area contributed by atoms with Gasteiger partial charge in [0.05, 0.1) is 25.4 Å². The molecular weight excluding hydrogens is 438 g/mol. The SMILES string of the molecule is CCOC(=O)c1ccc(-n2c(C)c3cc(C(=O)OCC)c(=O)c(C(=O)OCC)cc3c2C)cc1. The number of benzene rings is 1. The van der Waals surface area contributed by atoms with Gasteiger partial charge in [0.1, 0.15) is 11.1 Å². The molecule has 8 nitrogen and oxygen atoms in total. The highest BCUT2D eigenvalue weighted by Gasteiger charge is 2.23. The van der Waals surface area contributed by atoms with Crippen molar-refractivity contribution in [3.8, 4) is 5.69 Å². The molecule has 1 aromatic heterocycles. The third-order valence-corrected chi connectivity index (χ3v) is 5.43. The number of hydrogen-bond donors (Lipinski definition) is 0. The Morgan fingerprint density at radius 2 is 1.12 bits per heavy atom. The summed E-state index contributed by atoms with van der Waals surface area (Å²) in [6, 6.07) is 9.82. The minimum atomic E-state index is -0.806. The molecule has 0 unspecified atom stereocenters. The van der Waals surface area contributed by atoms with Crippen molar-refractivity contribution < 1.29 is 28.6 Å². The standard InChI is InChI=1S/C26H27NO7/c1-6-32-24(29)17-9-11-18(12-10-17)27-15(4)19-13-21(25(30)33-7-2)23(28)22(26(31)34-8-3)14-20(19)16(27)5/h9-14H,6-8H2,1-5H3. The molecule has 0 saturated heterocycles. The van der Waals surface area contributed by atoms with E-state index >= 15 is 0 Å². The van der Waals surface area contributed by atoms with Crippen molar-refractivity contribution in [3.63, 3.8) is 0 Å². The van der Waals surface area contributed by atoms with E-state index in [9.17, 15) is 19.2 Å². The van der Waals surface area contributed by atoms with E-state index in [4.69, 9.17) is 14.2 Å². The predicted octanol–water partition coefficient (Wildman–Crippen LogP) is 4.14. The zero-order valence-corrected chi connectivity index (χ0v) is 19.9. The molecule has 0 atom stereocenters. The molecule has 0 radical (unpaired) electrons. The smallest absolute Gasteiger partial charge is 0.342 e. The van der Waals surface area contributed by atoms with Crippen molar-refractivity contribution in [1.82, 2.24) is 4.57 Å². The average Bonchev–Trinajstić information content (AvgIpc) is 2.93. The molecule has 8 heteroatoms. The normalized spacial score (nSPS) is 10.7. The number of aryl methyl sites for hydroxylation is 2. The molecular formula is C26H27NO7. The second-order valence-electron chi connectivity index (χ2n) is 7.49. The summed E-state index contributed by atoms with van der Waals surface area (Å²) >= 11 is 0. The first-order chi connectivity index (χ1) is 16.2. The predicted molar refractivity (Wildman–Crippen MR) is 127 cm³/mol. The maximum absolute atomic E-state index is 13.1. The molecule has 0 spiro atoms. The van der Waals surface area contributed by atoms with Crippen molar-refractivity contribution in [3.05, 3.63) is 74.7 Å². The molecule has 3 rings (SSSR count). The summed E-state index contributed by atoms with van der Waals surface area (Å²) in [6.07, 6.45) is 0. The molecule has 0 amide bonds. The Kier molecular flexibility index (Phi) is 7.50. The van der Waals surface area contributed by atoms with Gasteiger partial charge in [-0.25, -0.2) is 14.4 Å². The van der Waals surface area contributed by atoms with Crippen molar-refractivity contribution in [2.24, 2.45) is 0 Å². The van der Waals surface area contributed by atoms with Crippen LogP contribution in [0.5, 0.6) is 0 Å². The number of hydrogen-bond acceptors (Lipinski definition) is 7. The summed E-state index contributed by atoms with van der Waals surface area (Å²) in [5.41, 5.74) is 1.46. The molecule has 178 valence electrons. The van der Waals surface area contributed by atoms with Crippen LogP contribution in [-0.4, -0.2) is 42.3 Å². The highest BCUT2D eigenvalue weighted by atomic mass is 16.5. The van der Waals surface area contributed by atoms with Crippen LogP contribution in [0.3, 0.4) is 0 Å². The van der Waals surface area contributed by atoms with Crippen LogP contribution in [0, 0.1) is 13.8 Å². The quantitative estimate of drug-likeness (QED) is 0.382. The number of rotatable bonds is 7. The van der Waals surface area contributed by atoms with Gasteiger partial charge in [-0.05, 0) is 71.0 Å². The average molecular weight is 466 g/mol. The maximum Gasteiger partial charge on any atom is 0.342 e. The van der Waals surface area contributed by atoms with Crippen molar-refractivity contribution in [1.29, 1.82) is 0 Å². The number of carbonyl (C=O) groups excluding carboxylic acids is 3. The summed E-state index contributed by atoms with van der Waals surface area (Å²) in [6.45, 7) is 9.16. The fourth-order valence-corrected chi connectivity index (χ4v) is 3.88. The lowest BCUT2D eigenvalue weighted by Gasteiger charge is -2.10. The molecule has 0 saturated carbocycles. The monoisotopic (exact) mass is 465 g/mol. The van der Waals surface area contributed by atoms with Gasteiger partial charge in [0.2, 0.25) is 5.43 Å². The van der Waals surface area contributed by atoms with Gasteiger partial charge in [-0.3, -0.25) is 4.79 Å². The number of fused-ring (bicyclic) bond motifs is 1. The minimum Gasteiger partial charge on any atom is -0.462 e. The van der Waals surface area contributed by atoms with Crippen LogP contribution in [0.4, 0.5) is 0 Å². The second kappa shape index (κ2) is 10.3. The van der Waals surface area contributed by atoms with E-state index < -0.39 is 23.3 Å². The van der Waals surface area contributed by atoms with Crippen LogP contribution in [0.15, 0.2) is 41.2 Å². The first-order valence-electron chi connectivity index (χ1n) is 11.1. The minimum absolute atomic E-state index is 0.0839. The molecule has 3 aromatic rings. The summed E-state index contributed by atoms with van der Waals surface area (Å²) in [4.78, 5) is 50.3. The Bertz CT molecular complexity index is 1250. The third-order valence-electron chi connectivity index (χ3n) is 5.43. The van der Waals surface area contributed by atoms with E-state index in [1.165, 1.54) is 12.1 Å². The Morgan fingerprint density at radius 3 is 1.53 bits per heavy atom. The molecule has 0 aliphatic heterocycles. The highest BCUT2D eigenvalue weighted by molar-refractivity contribution is 6.01. The van der Waals surface area contributed by atoms with E-state index in [1.807, 2.05) is 18.4 Å². The molecule has 2 aromatic carbocycles. The van der Waals surface area contributed by atoms with Crippen LogP contribution in [0.25, 0.3) is 16.5 Å². The summed E-state index contributed by atoms with van der Waals surface area (Å²) in [5.74, 6) is -2.02. The maximum atomic E-state index is 13.1. The van der Waals surface area contributed by atoms with E-state index in [2.05, 4.69) is 0 Å². The van der Waals surface area contributed by atoms with Gasteiger partial charge < -0.3 is 18.8 Å². The van der Waals surface area contributed by atoms with Crippen LogP contribution in [-0.2, 0) is 14.2 Å². The summed E-state index contributed by atoms with van der Waals surface area (Å²) in [7, 11) is 0. The van der Waals surface area contributed by atoms with E-state index in [1.54, 1.807) is 45.0 Å². The lowest BCUT2D eigenvalue weighted by molar-refractivity contribution is 0.0511. The Morgan fingerprint density at radius 1 is 0.706 bits per heavy atom. The lowest BCUT2D eigenvalue weighted by Crippen LogP contribution is -2.22. The molecule has 1 heterocycles. The first kappa shape index (κ1) is 24.7. The van der Waals surface area contributed by atoms with Gasteiger partial charge in [0, 0.05) is 27.8 Å². The largest absolute Gasteiger partial charge is 0.462 e. The number of aromatic nitrogens is 1. The highest BCUT2D eigenvalue weighted by Crippen LogP contribution is 2.29. The fraction of sp³-hybridized carbons (Fsp3) is 0.308. The van der Waals surface area contributed by atoms with Gasteiger partial charge in [0.25, 0.3) is 0 Å². The van der Waals surface area contributed by atoms with Gasteiger partial charge in [0.15, 0.2) is 0 Å². The lowest BCUT2D eigenvalue weighted by atomic mass is 10.2. The molecule has 0 aliphatic rings. The van der Waals surface area contributed by atoms with Crippen molar-refractivity contribution >= 4 is 28.7 Å². The van der Waals surface area contributed by atoms with E-state index in [-0.39, 0.29) is 30.9 Å². The van der Waals surface area contributed by atoms with Crippen LogP contribution in [0.2, 0.25) is 0 Å². The van der Waals surface area contributed by atoms with Crippen LogP contribution < -0.4 is 5.43 Å². The van der Waals surface area contributed by atoms with Crippen LogP contribution in [0.1, 0.15) is 63.2 Å². The number of esters is 3. The Hall–Kier alpha value is -3.94.